The van der Waals surface area contributed by atoms with Crippen LogP contribution in [0.4, 0.5) is 5.69 Å². The fraction of sp³-hybridized carbons (Fsp3) is 0.500. The summed E-state index contributed by atoms with van der Waals surface area (Å²) in [6, 6.07) is 3.18. The SMILES string of the molecule is CC1CN(S(=O)(=O)c2ccc(O)c([N+](=O)[O-])c2)CCN1C. The van der Waals surface area contributed by atoms with E-state index in [0.29, 0.717) is 19.6 Å². The first-order valence-corrected chi connectivity index (χ1v) is 7.85. The fourth-order valence-electron chi connectivity index (χ4n) is 2.19. The number of nitro groups is 1. The van der Waals surface area contributed by atoms with Crippen LogP contribution in [-0.2, 0) is 10.0 Å². The van der Waals surface area contributed by atoms with Crippen LogP contribution in [0, 0.1) is 10.1 Å². The van der Waals surface area contributed by atoms with Gasteiger partial charge in [-0.15, -0.1) is 0 Å². The lowest BCUT2D eigenvalue weighted by atomic mass is 10.2. The molecule has 8 nitrogen and oxygen atoms in total. The highest BCUT2D eigenvalue weighted by atomic mass is 32.2. The summed E-state index contributed by atoms with van der Waals surface area (Å²) in [6.07, 6.45) is 0. The molecule has 9 heteroatoms. The Morgan fingerprint density at radius 2 is 2.05 bits per heavy atom. The van der Waals surface area contributed by atoms with Gasteiger partial charge < -0.3 is 10.0 Å². The van der Waals surface area contributed by atoms with Gasteiger partial charge in [0.25, 0.3) is 0 Å². The van der Waals surface area contributed by atoms with Crippen molar-refractivity contribution in [2.75, 3.05) is 26.7 Å². The van der Waals surface area contributed by atoms with Crippen LogP contribution in [0.3, 0.4) is 0 Å². The molecule has 0 saturated carbocycles. The van der Waals surface area contributed by atoms with E-state index in [1.807, 2.05) is 18.9 Å². The van der Waals surface area contributed by atoms with Gasteiger partial charge in [-0.25, -0.2) is 8.42 Å². The summed E-state index contributed by atoms with van der Waals surface area (Å²) in [6.45, 7) is 3.17. The normalized spacial score (nSPS) is 21.3. The third-order valence-electron chi connectivity index (χ3n) is 3.70. The van der Waals surface area contributed by atoms with Gasteiger partial charge in [-0.3, -0.25) is 10.1 Å². The van der Waals surface area contributed by atoms with Crippen molar-refractivity contribution < 1.29 is 18.4 Å². The Morgan fingerprint density at radius 1 is 1.38 bits per heavy atom. The monoisotopic (exact) mass is 315 g/mol. The minimum Gasteiger partial charge on any atom is -0.502 e. The van der Waals surface area contributed by atoms with Crippen LogP contribution in [-0.4, -0.2) is 60.4 Å². The number of piperazine rings is 1. The molecule has 0 spiro atoms. The summed E-state index contributed by atoms with van der Waals surface area (Å²) in [5.74, 6) is -0.550. The maximum Gasteiger partial charge on any atom is 0.312 e. The van der Waals surface area contributed by atoms with E-state index in [2.05, 4.69) is 0 Å². The third-order valence-corrected chi connectivity index (χ3v) is 5.56. The Morgan fingerprint density at radius 3 is 2.62 bits per heavy atom. The van der Waals surface area contributed by atoms with Gasteiger partial charge in [0.15, 0.2) is 5.75 Å². The Balaban J connectivity index is 2.36. The second-order valence-corrected chi connectivity index (χ2v) is 7.04. The number of nitrogens with zero attached hydrogens (tertiary/aromatic N) is 3. The molecule has 1 unspecified atom stereocenters. The van der Waals surface area contributed by atoms with Crippen molar-refractivity contribution in [3.05, 3.63) is 28.3 Å². The molecule has 1 aliphatic heterocycles. The quantitative estimate of drug-likeness (QED) is 0.648. The highest BCUT2D eigenvalue weighted by Crippen LogP contribution is 2.30. The first-order chi connectivity index (χ1) is 9.73. The van der Waals surface area contributed by atoms with Crippen LogP contribution in [0.1, 0.15) is 6.92 Å². The van der Waals surface area contributed by atoms with Gasteiger partial charge >= 0.3 is 5.69 Å². The molecule has 1 N–H and O–H groups in total. The molecule has 116 valence electrons. The Hall–Kier alpha value is -1.71. The second-order valence-electron chi connectivity index (χ2n) is 5.10. The van der Waals surface area contributed by atoms with Crippen molar-refractivity contribution in [3.8, 4) is 5.75 Å². The van der Waals surface area contributed by atoms with Crippen LogP contribution < -0.4 is 0 Å². The van der Waals surface area contributed by atoms with E-state index in [1.165, 1.54) is 10.4 Å². The number of phenolic OH excluding ortho intramolecular Hbond substituents is 1. The van der Waals surface area contributed by atoms with Crippen molar-refractivity contribution in [3.63, 3.8) is 0 Å². The van der Waals surface area contributed by atoms with Gasteiger partial charge in [0.1, 0.15) is 0 Å². The third kappa shape index (κ3) is 2.99. The summed E-state index contributed by atoms with van der Waals surface area (Å²) in [7, 11) is -1.88. The highest BCUT2D eigenvalue weighted by Gasteiger charge is 2.32. The molecule has 2 rings (SSSR count). The molecule has 0 radical (unpaired) electrons. The average Bonchev–Trinajstić information content (AvgIpc) is 2.41. The molecule has 0 aromatic heterocycles. The lowest BCUT2D eigenvalue weighted by molar-refractivity contribution is -0.386. The molecule has 1 heterocycles. The number of hydrogen-bond acceptors (Lipinski definition) is 6. The van der Waals surface area contributed by atoms with Gasteiger partial charge in [0, 0.05) is 31.7 Å². The van der Waals surface area contributed by atoms with Crippen LogP contribution in [0.5, 0.6) is 5.75 Å². The van der Waals surface area contributed by atoms with Gasteiger partial charge in [-0.1, -0.05) is 0 Å². The lowest BCUT2D eigenvalue weighted by Gasteiger charge is -2.36. The average molecular weight is 315 g/mol. The van der Waals surface area contributed by atoms with Crippen LogP contribution in [0.15, 0.2) is 23.1 Å². The minimum absolute atomic E-state index is 0.0700. The highest BCUT2D eigenvalue weighted by molar-refractivity contribution is 7.89. The molecule has 1 atom stereocenters. The summed E-state index contributed by atoms with van der Waals surface area (Å²) in [4.78, 5) is 11.9. The van der Waals surface area contributed by atoms with Crippen LogP contribution in [0.2, 0.25) is 0 Å². The zero-order chi connectivity index (χ0) is 15.8. The number of benzene rings is 1. The van der Waals surface area contributed by atoms with E-state index in [0.717, 1.165) is 12.1 Å². The van der Waals surface area contributed by atoms with Crippen LogP contribution >= 0.6 is 0 Å². The van der Waals surface area contributed by atoms with Crippen LogP contribution in [0.25, 0.3) is 0 Å². The Bertz CT molecular complexity index is 661. The van der Waals surface area contributed by atoms with E-state index < -0.39 is 26.4 Å². The lowest BCUT2D eigenvalue weighted by Crippen LogP contribution is -2.51. The first-order valence-electron chi connectivity index (χ1n) is 6.41. The summed E-state index contributed by atoms with van der Waals surface area (Å²) in [5, 5.41) is 20.2. The molecule has 0 amide bonds. The van der Waals surface area contributed by atoms with Crippen molar-refractivity contribution in [1.29, 1.82) is 0 Å². The standard InChI is InChI=1S/C12H17N3O5S/c1-9-8-14(6-5-13(9)2)21(19,20)10-3-4-12(16)11(7-10)15(17)18/h3-4,7,9,16H,5-6,8H2,1-2H3. The van der Waals surface area contributed by atoms with E-state index >= 15 is 0 Å². The first kappa shape index (κ1) is 15.7. The van der Waals surface area contributed by atoms with E-state index in [1.54, 1.807) is 0 Å². The predicted octanol–water partition coefficient (Wildman–Crippen LogP) is 0.625. The number of aromatic hydroxyl groups is 1. The van der Waals surface area contributed by atoms with Crippen molar-refractivity contribution in [2.24, 2.45) is 0 Å². The molecule has 1 aliphatic rings. The van der Waals surface area contributed by atoms with Gasteiger partial charge in [0.2, 0.25) is 10.0 Å². The number of hydrogen-bond donors (Lipinski definition) is 1. The fourth-order valence-corrected chi connectivity index (χ4v) is 3.73. The molecule has 21 heavy (non-hydrogen) atoms. The molecule has 0 aliphatic carbocycles. The number of sulfonamides is 1. The topological polar surface area (TPSA) is 104 Å². The van der Waals surface area contributed by atoms with E-state index in [-0.39, 0.29) is 10.9 Å². The van der Waals surface area contributed by atoms with E-state index in [4.69, 9.17) is 0 Å². The van der Waals surface area contributed by atoms with Gasteiger partial charge in [-0.05, 0) is 26.1 Å². The Labute approximate surface area is 122 Å². The van der Waals surface area contributed by atoms with Crippen molar-refractivity contribution in [1.82, 2.24) is 9.21 Å². The Kier molecular flexibility index (Phi) is 4.17. The summed E-state index contributed by atoms with van der Waals surface area (Å²) in [5.41, 5.74) is -0.613. The molecule has 1 aromatic carbocycles. The second kappa shape index (κ2) is 5.58. The zero-order valence-corrected chi connectivity index (χ0v) is 12.6. The molecular weight excluding hydrogens is 298 g/mol. The number of nitro benzene ring substituents is 1. The molecular formula is C12H17N3O5S. The predicted molar refractivity (Wildman–Crippen MR) is 75.6 cm³/mol. The summed E-state index contributed by atoms with van der Waals surface area (Å²) >= 11 is 0. The number of rotatable bonds is 3. The van der Waals surface area contributed by atoms with E-state index in [9.17, 15) is 23.6 Å². The molecule has 1 aromatic rings. The maximum absolute atomic E-state index is 12.5. The zero-order valence-electron chi connectivity index (χ0n) is 11.8. The van der Waals surface area contributed by atoms with Crippen molar-refractivity contribution in [2.45, 2.75) is 17.9 Å². The maximum atomic E-state index is 12.5. The minimum atomic E-state index is -3.80. The molecule has 0 bridgehead atoms. The van der Waals surface area contributed by atoms with Gasteiger partial charge in [-0.2, -0.15) is 4.31 Å². The molecule has 1 saturated heterocycles. The number of likely N-dealkylation sites (N-methyl/N-ethyl adjacent to an activating group) is 1. The van der Waals surface area contributed by atoms with Gasteiger partial charge in [0.05, 0.1) is 9.82 Å². The van der Waals surface area contributed by atoms with Crippen molar-refractivity contribution >= 4 is 15.7 Å². The molecule has 1 fully saturated rings. The summed E-state index contributed by atoms with van der Waals surface area (Å²) < 4.78 is 26.4. The smallest absolute Gasteiger partial charge is 0.312 e. The largest absolute Gasteiger partial charge is 0.502 e. The number of phenols is 1.